The SMILES string of the molecule is CCOC(=O)c1ccccc1Nc1ncc(C(=O)NCc2ccc(C)cc2)cn1. The third kappa shape index (κ3) is 5.38. The van der Waals surface area contributed by atoms with Gasteiger partial charge in [0.05, 0.1) is 23.4 Å². The highest BCUT2D eigenvalue weighted by Crippen LogP contribution is 2.19. The number of nitrogens with one attached hydrogen (secondary N) is 2. The molecule has 0 saturated carbocycles. The summed E-state index contributed by atoms with van der Waals surface area (Å²) >= 11 is 0. The molecule has 7 nitrogen and oxygen atoms in total. The average molecular weight is 390 g/mol. The van der Waals surface area contributed by atoms with Crippen LogP contribution in [0.4, 0.5) is 11.6 Å². The fourth-order valence-corrected chi connectivity index (χ4v) is 2.60. The van der Waals surface area contributed by atoms with Crippen LogP contribution in [0.3, 0.4) is 0 Å². The van der Waals surface area contributed by atoms with Crippen molar-refractivity contribution in [3.8, 4) is 0 Å². The molecule has 2 aromatic carbocycles. The summed E-state index contributed by atoms with van der Waals surface area (Å²) < 4.78 is 5.05. The zero-order valence-electron chi connectivity index (χ0n) is 16.3. The molecule has 0 fully saturated rings. The monoisotopic (exact) mass is 390 g/mol. The summed E-state index contributed by atoms with van der Waals surface area (Å²) in [6, 6.07) is 14.9. The molecule has 0 bridgehead atoms. The molecule has 1 aromatic heterocycles. The van der Waals surface area contributed by atoms with Gasteiger partial charge in [0.1, 0.15) is 0 Å². The lowest BCUT2D eigenvalue weighted by molar-refractivity contribution is 0.0527. The lowest BCUT2D eigenvalue weighted by Gasteiger charge is -2.10. The second-order valence-electron chi connectivity index (χ2n) is 6.35. The Morgan fingerprint density at radius 3 is 2.38 bits per heavy atom. The van der Waals surface area contributed by atoms with Crippen molar-refractivity contribution in [2.24, 2.45) is 0 Å². The molecule has 29 heavy (non-hydrogen) atoms. The van der Waals surface area contributed by atoms with E-state index in [0.29, 0.717) is 23.4 Å². The van der Waals surface area contributed by atoms with E-state index < -0.39 is 5.97 Å². The topological polar surface area (TPSA) is 93.2 Å². The summed E-state index contributed by atoms with van der Waals surface area (Å²) in [6.45, 7) is 4.47. The molecule has 0 spiro atoms. The number of rotatable bonds is 7. The van der Waals surface area contributed by atoms with Crippen LogP contribution in [-0.2, 0) is 11.3 Å². The number of carbonyl (C=O) groups is 2. The number of ether oxygens (including phenoxy) is 1. The van der Waals surface area contributed by atoms with Crippen molar-refractivity contribution >= 4 is 23.5 Å². The fraction of sp³-hybridized carbons (Fsp3) is 0.182. The summed E-state index contributed by atoms with van der Waals surface area (Å²) in [4.78, 5) is 32.7. The number of esters is 1. The molecule has 2 N–H and O–H groups in total. The van der Waals surface area contributed by atoms with E-state index in [4.69, 9.17) is 4.74 Å². The van der Waals surface area contributed by atoms with Crippen LogP contribution in [0.25, 0.3) is 0 Å². The lowest BCUT2D eigenvalue weighted by Crippen LogP contribution is -2.23. The molecule has 1 heterocycles. The molecule has 3 rings (SSSR count). The average Bonchev–Trinajstić information content (AvgIpc) is 2.74. The van der Waals surface area contributed by atoms with Gasteiger partial charge in [-0.05, 0) is 31.5 Å². The van der Waals surface area contributed by atoms with Crippen LogP contribution < -0.4 is 10.6 Å². The zero-order valence-corrected chi connectivity index (χ0v) is 16.3. The molecule has 1 amide bonds. The van der Waals surface area contributed by atoms with Crippen LogP contribution in [0.5, 0.6) is 0 Å². The van der Waals surface area contributed by atoms with Crippen LogP contribution in [0.2, 0.25) is 0 Å². The van der Waals surface area contributed by atoms with Gasteiger partial charge in [-0.2, -0.15) is 0 Å². The van der Waals surface area contributed by atoms with Gasteiger partial charge in [-0.3, -0.25) is 4.79 Å². The number of carbonyl (C=O) groups excluding carboxylic acids is 2. The number of amides is 1. The van der Waals surface area contributed by atoms with Gasteiger partial charge < -0.3 is 15.4 Å². The fourth-order valence-electron chi connectivity index (χ4n) is 2.60. The summed E-state index contributed by atoms with van der Waals surface area (Å²) in [5, 5.41) is 5.83. The van der Waals surface area contributed by atoms with Crippen LogP contribution in [0.15, 0.2) is 60.9 Å². The maximum Gasteiger partial charge on any atom is 0.340 e. The van der Waals surface area contributed by atoms with Gasteiger partial charge >= 0.3 is 5.97 Å². The molecule has 0 atom stereocenters. The summed E-state index contributed by atoms with van der Waals surface area (Å²) in [5.41, 5.74) is 3.45. The number of anilines is 2. The number of aryl methyl sites for hydroxylation is 1. The highest BCUT2D eigenvalue weighted by molar-refractivity contribution is 5.96. The van der Waals surface area contributed by atoms with Gasteiger partial charge in [0.15, 0.2) is 0 Å². The smallest absolute Gasteiger partial charge is 0.340 e. The van der Waals surface area contributed by atoms with Crippen molar-refractivity contribution in [2.75, 3.05) is 11.9 Å². The van der Waals surface area contributed by atoms with E-state index in [1.54, 1.807) is 31.2 Å². The van der Waals surface area contributed by atoms with Crippen molar-refractivity contribution in [3.63, 3.8) is 0 Å². The van der Waals surface area contributed by atoms with E-state index in [-0.39, 0.29) is 18.5 Å². The van der Waals surface area contributed by atoms with Crippen molar-refractivity contribution in [2.45, 2.75) is 20.4 Å². The highest BCUT2D eigenvalue weighted by Gasteiger charge is 2.13. The van der Waals surface area contributed by atoms with Crippen LogP contribution in [0.1, 0.15) is 38.8 Å². The Morgan fingerprint density at radius 1 is 1.00 bits per heavy atom. The molecule has 0 unspecified atom stereocenters. The number of nitrogens with zero attached hydrogens (tertiary/aromatic N) is 2. The van der Waals surface area contributed by atoms with E-state index >= 15 is 0 Å². The van der Waals surface area contributed by atoms with E-state index in [1.807, 2.05) is 31.2 Å². The summed E-state index contributed by atoms with van der Waals surface area (Å²) in [5.74, 6) is -0.413. The third-order valence-corrected chi connectivity index (χ3v) is 4.16. The number of hydrogen-bond acceptors (Lipinski definition) is 6. The van der Waals surface area contributed by atoms with Crippen molar-refractivity contribution in [1.29, 1.82) is 0 Å². The van der Waals surface area contributed by atoms with Crippen molar-refractivity contribution < 1.29 is 14.3 Å². The predicted octanol–water partition coefficient (Wildman–Crippen LogP) is 3.64. The van der Waals surface area contributed by atoms with Gasteiger partial charge in [0, 0.05) is 18.9 Å². The minimum atomic E-state index is -0.428. The Balaban J connectivity index is 1.64. The molecule has 0 aliphatic carbocycles. The number of aromatic nitrogens is 2. The lowest BCUT2D eigenvalue weighted by atomic mass is 10.1. The van der Waals surface area contributed by atoms with Gasteiger partial charge in [-0.25, -0.2) is 14.8 Å². The minimum Gasteiger partial charge on any atom is -0.462 e. The first-order chi connectivity index (χ1) is 14.1. The molecule has 3 aromatic rings. The van der Waals surface area contributed by atoms with Crippen molar-refractivity contribution in [1.82, 2.24) is 15.3 Å². The predicted molar refractivity (Wildman–Crippen MR) is 110 cm³/mol. The molecule has 0 aliphatic heterocycles. The second kappa shape index (κ2) is 9.45. The highest BCUT2D eigenvalue weighted by atomic mass is 16.5. The standard InChI is InChI=1S/C22H22N4O3/c1-3-29-21(28)18-6-4-5-7-19(18)26-22-24-13-17(14-25-22)20(27)23-12-16-10-8-15(2)9-11-16/h4-11,13-14H,3,12H2,1-2H3,(H,23,27)(H,24,25,26). The van der Waals surface area contributed by atoms with E-state index in [2.05, 4.69) is 20.6 Å². The van der Waals surface area contributed by atoms with Crippen molar-refractivity contribution in [3.05, 3.63) is 83.2 Å². The molecule has 0 radical (unpaired) electrons. The van der Waals surface area contributed by atoms with Crippen LogP contribution in [-0.4, -0.2) is 28.5 Å². The maximum absolute atomic E-state index is 12.3. The Bertz CT molecular complexity index is 986. The van der Waals surface area contributed by atoms with Gasteiger partial charge in [0.25, 0.3) is 5.91 Å². The second-order valence-corrected chi connectivity index (χ2v) is 6.35. The Morgan fingerprint density at radius 2 is 1.69 bits per heavy atom. The number of benzene rings is 2. The number of para-hydroxylation sites is 1. The maximum atomic E-state index is 12.3. The minimum absolute atomic E-state index is 0.260. The van der Waals surface area contributed by atoms with E-state index in [1.165, 1.54) is 18.0 Å². The Hall–Kier alpha value is -3.74. The Labute approximate surface area is 169 Å². The summed E-state index contributed by atoms with van der Waals surface area (Å²) in [6.07, 6.45) is 2.87. The molecular formula is C22H22N4O3. The third-order valence-electron chi connectivity index (χ3n) is 4.16. The first-order valence-electron chi connectivity index (χ1n) is 9.25. The molecular weight excluding hydrogens is 368 g/mol. The quantitative estimate of drug-likeness (QED) is 0.599. The van der Waals surface area contributed by atoms with Gasteiger partial charge in [-0.1, -0.05) is 42.0 Å². The molecule has 7 heteroatoms. The summed E-state index contributed by atoms with van der Waals surface area (Å²) in [7, 11) is 0. The Kier molecular flexibility index (Phi) is 6.52. The van der Waals surface area contributed by atoms with Gasteiger partial charge in [-0.15, -0.1) is 0 Å². The zero-order chi connectivity index (χ0) is 20.6. The largest absolute Gasteiger partial charge is 0.462 e. The van der Waals surface area contributed by atoms with E-state index in [0.717, 1.165) is 5.56 Å². The number of hydrogen-bond donors (Lipinski definition) is 2. The van der Waals surface area contributed by atoms with Crippen LogP contribution in [0, 0.1) is 6.92 Å². The molecule has 0 aliphatic rings. The first-order valence-corrected chi connectivity index (χ1v) is 9.25. The molecule has 0 saturated heterocycles. The molecule has 148 valence electrons. The first kappa shape index (κ1) is 20.0. The van der Waals surface area contributed by atoms with Crippen LogP contribution >= 0.6 is 0 Å². The van der Waals surface area contributed by atoms with Gasteiger partial charge in [0.2, 0.25) is 5.95 Å². The van der Waals surface area contributed by atoms with E-state index in [9.17, 15) is 9.59 Å². The normalized spacial score (nSPS) is 10.3.